The summed E-state index contributed by atoms with van der Waals surface area (Å²) in [5.41, 5.74) is 2.53. The maximum absolute atomic E-state index is 12.2. The summed E-state index contributed by atoms with van der Waals surface area (Å²) in [6, 6.07) is 4.75. The Morgan fingerprint density at radius 2 is 1.71 bits per heavy atom. The van der Waals surface area contributed by atoms with Crippen molar-refractivity contribution in [3.05, 3.63) is 35.4 Å². The van der Waals surface area contributed by atoms with Crippen molar-refractivity contribution in [3.8, 4) is 0 Å². The fourth-order valence-corrected chi connectivity index (χ4v) is 1.06. The van der Waals surface area contributed by atoms with E-state index in [-0.39, 0.29) is 6.04 Å². The van der Waals surface area contributed by atoms with Gasteiger partial charge in [-0.3, -0.25) is 11.3 Å². The molecule has 0 spiro atoms. The van der Waals surface area contributed by atoms with E-state index in [0.29, 0.717) is 0 Å². The van der Waals surface area contributed by atoms with E-state index >= 15 is 0 Å². The number of nitrogens with two attached hydrogens (primary N) is 1. The van der Waals surface area contributed by atoms with Crippen molar-refractivity contribution in [1.82, 2.24) is 5.43 Å². The molecule has 0 heterocycles. The van der Waals surface area contributed by atoms with Crippen LogP contribution in [0.1, 0.15) is 24.1 Å². The molecule has 5 heteroatoms. The number of nitrogens with one attached hydrogen (secondary N) is 1. The topological polar surface area (TPSA) is 38.0 Å². The van der Waals surface area contributed by atoms with Crippen molar-refractivity contribution in [2.24, 2.45) is 5.84 Å². The van der Waals surface area contributed by atoms with Gasteiger partial charge in [-0.1, -0.05) is 12.1 Å². The molecule has 0 unspecified atom stereocenters. The second-order valence-electron chi connectivity index (χ2n) is 3.01. The van der Waals surface area contributed by atoms with Crippen molar-refractivity contribution in [2.45, 2.75) is 19.1 Å². The van der Waals surface area contributed by atoms with Crippen LogP contribution in [0, 0.1) is 0 Å². The highest BCUT2D eigenvalue weighted by atomic mass is 19.4. The van der Waals surface area contributed by atoms with Crippen molar-refractivity contribution >= 4 is 0 Å². The molecule has 0 fully saturated rings. The molecule has 0 aliphatic heterocycles. The van der Waals surface area contributed by atoms with Crippen LogP contribution in [0.2, 0.25) is 0 Å². The minimum atomic E-state index is -4.28. The van der Waals surface area contributed by atoms with Crippen LogP contribution in [-0.2, 0) is 6.18 Å². The first-order valence-electron chi connectivity index (χ1n) is 4.08. The van der Waals surface area contributed by atoms with E-state index in [0.717, 1.165) is 17.7 Å². The quantitative estimate of drug-likeness (QED) is 0.572. The Labute approximate surface area is 79.9 Å². The van der Waals surface area contributed by atoms with E-state index in [4.69, 9.17) is 5.84 Å². The summed E-state index contributed by atoms with van der Waals surface area (Å²) >= 11 is 0. The molecule has 0 radical (unpaired) electrons. The van der Waals surface area contributed by atoms with Gasteiger partial charge >= 0.3 is 6.18 Å². The van der Waals surface area contributed by atoms with Crippen LogP contribution in [0.5, 0.6) is 0 Å². The van der Waals surface area contributed by atoms with E-state index in [2.05, 4.69) is 5.43 Å². The molecule has 1 aromatic rings. The van der Waals surface area contributed by atoms with Gasteiger partial charge in [-0.2, -0.15) is 13.2 Å². The average Bonchev–Trinajstić information content (AvgIpc) is 2.15. The van der Waals surface area contributed by atoms with Crippen molar-refractivity contribution in [2.75, 3.05) is 0 Å². The molecule has 1 atom stereocenters. The second-order valence-corrected chi connectivity index (χ2v) is 3.01. The highest BCUT2D eigenvalue weighted by Crippen LogP contribution is 2.29. The number of hydrogen-bond acceptors (Lipinski definition) is 2. The minimum absolute atomic E-state index is 0.155. The van der Waals surface area contributed by atoms with E-state index < -0.39 is 11.7 Å². The maximum Gasteiger partial charge on any atom is 0.416 e. The lowest BCUT2D eigenvalue weighted by Gasteiger charge is -2.11. The van der Waals surface area contributed by atoms with E-state index in [1.807, 2.05) is 0 Å². The number of rotatable bonds is 2. The van der Waals surface area contributed by atoms with Crippen molar-refractivity contribution in [3.63, 3.8) is 0 Å². The molecule has 14 heavy (non-hydrogen) atoms. The Bertz CT molecular complexity index is 292. The first-order chi connectivity index (χ1) is 6.45. The highest BCUT2D eigenvalue weighted by molar-refractivity contribution is 5.26. The monoisotopic (exact) mass is 204 g/mol. The second kappa shape index (κ2) is 3.98. The van der Waals surface area contributed by atoms with Gasteiger partial charge in [0.2, 0.25) is 0 Å². The zero-order chi connectivity index (χ0) is 10.8. The summed E-state index contributed by atoms with van der Waals surface area (Å²) in [4.78, 5) is 0. The number of hydrogen-bond donors (Lipinski definition) is 2. The minimum Gasteiger partial charge on any atom is -0.271 e. The number of halogens is 3. The van der Waals surface area contributed by atoms with Crippen LogP contribution in [0.3, 0.4) is 0 Å². The summed E-state index contributed by atoms with van der Waals surface area (Å²) in [5.74, 6) is 5.16. The van der Waals surface area contributed by atoms with Gasteiger partial charge in [0.05, 0.1) is 5.56 Å². The highest BCUT2D eigenvalue weighted by Gasteiger charge is 2.29. The lowest BCUT2D eigenvalue weighted by atomic mass is 10.1. The molecule has 0 amide bonds. The van der Waals surface area contributed by atoms with E-state index in [1.165, 1.54) is 12.1 Å². The molecular weight excluding hydrogens is 193 g/mol. The van der Waals surface area contributed by atoms with Gasteiger partial charge in [0.15, 0.2) is 0 Å². The molecule has 3 N–H and O–H groups in total. The molecule has 78 valence electrons. The predicted molar refractivity (Wildman–Crippen MR) is 47.2 cm³/mol. The van der Waals surface area contributed by atoms with Gasteiger partial charge in [-0.15, -0.1) is 0 Å². The molecule has 0 aliphatic carbocycles. The summed E-state index contributed by atoms with van der Waals surface area (Å²) in [7, 11) is 0. The Morgan fingerprint density at radius 3 is 2.07 bits per heavy atom. The molecule has 0 bridgehead atoms. The SMILES string of the molecule is C[C@H](NN)c1ccc(C(F)(F)F)cc1. The largest absolute Gasteiger partial charge is 0.416 e. The van der Waals surface area contributed by atoms with Gasteiger partial charge in [0.25, 0.3) is 0 Å². The first kappa shape index (κ1) is 11.0. The van der Waals surface area contributed by atoms with Gasteiger partial charge < -0.3 is 0 Å². The number of benzene rings is 1. The van der Waals surface area contributed by atoms with Crippen LogP contribution in [0.4, 0.5) is 13.2 Å². The molecule has 1 rings (SSSR count). The van der Waals surface area contributed by atoms with Crippen LogP contribution < -0.4 is 11.3 Å². The molecule has 0 aromatic heterocycles. The third kappa shape index (κ3) is 2.46. The fourth-order valence-electron chi connectivity index (χ4n) is 1.06. The molecule has 1 aromatic carbocycles. The maximum atomic E-state index is 12.2. The molecule has 2 nitrogen and oxygen atoms in total. The van der Waals surface area contributed by atoms with Crippen molar-refractivity contribution < 1.29 is 13.2 Å². The van der Waals surface area contributed by atoms with Crippen LogP contribution in [0.25, 0.3) is 0 Å². The summed E-state index contributed by atoms with van der Waals surface area (Å²) < 4.78 is 36.5. The zero-order valence-electron chi connectivity index (χ0n) is 7.60. The van der Waals surface area contributed by atoms with Gasteiger partial charge in [-0.05, 0) is 24.6 Å². The van der Waals surface area contributed by atoms with Gasteiger partial charge in [0, 0.05) is 6.04 Å². The third-order valence-corrected chi connectivity index (χ3v) is 1.99. The Morgan fingerprint density at radius 1 is 1.21 bits per heavy atom. The summed E-state index contributed by atoms with van der Waals surface area (Å²) in [5, 5.41) is 0. The smallest absolute Gasteiger partial charge is 0.271 e. The van der Waals surface area contributed by atoms with Crippen LogP contribution in [-0.4, -0.2) is 0 Å². The normalized spacial score (nSPS) is 14.1. The predicted octanol–water partition coefficient (Wildman–Crippen LogP) is 2.23. The Balaban J connectivity index is 2.89. The first-order valence-corrected chi connectivity index (χ1v) is 4.08. The third-order valence-electron chi connectivity index (χ3n) is 1.99. The van der Waals surface area contributed by atoms with Crippen LogP contribution in [0.15, 0.2) is 24.3 Å². The lowest BCUT2D eigenvalue weighted by molar-refractivity contribution is -0.137. The standard InChI is InChI=1S/C9H11F3N2/c1-6(14-13)7-2-4-8(5-3-7)9(10,11)12/h2-6,14H,13H2,1H3/t6-/m0/s1. The van der Waals surface area contributed by atoms with Crippen molar-refractivity contribution in [1.29, 1.82) is 0 Å². The molecular formula is C9H11F3N2. The zero-order valence-corrected chi connectivity index (χ0v) is 7.60. The summed E-state index contributed by atoms with van der Waals surface area (Å²) in [6.45, 7) is 1.77. The molecule has 0 saturated heterocycles. The van der Waals surface area contributed by atoms with E-state index in [9.17, 15) is 13.2 Å². The fraction of sp³-hybridized carbons (Fsp3) is 0.333. The average molecular weight is 204 g/mol. The molecule has 0 aliphatic rings. The number of hydrazine groups is 1. The van der Waals surface area contributed by atoms with E-state index in [1.54, 1.807) is 6.92 Å². The number of alkyl halides is 3. The molecule has 0 saturated carbocycles. The Hall–Kier alpha value is -1.07. The van der Waals surface area contributed by atoms with Crippen LogP contribution >= 0.6 is 0 Å². The Kier molecular flexibility index (Phi) is 3.13. The van der Waals surface area contributed by atoms with Gasteiger partial charge in [-0.25, -0.2) is 0 Å². The lowest BCUT2D eigenvalue weighted by Crippen LogP contribution is -2.25. The summed E-state index contributed by atoms with van der Waals surface area (Å²) in [6.07, 6.45) is -4.28. The van der Waals surface area contributed by atoms with Gasteiger partial charge in [0.1, 0.15) is 0 Å².